The van der Waals surface area contributed by atoms with Crippen molar-refractivity contribution in [2.45, 2.75) is 32.7 Å². The van der Waals surface area contributed by atoms with Crippen LogP contribution in [0, 0.1) is 0 Å². The number of rotatable bonds is 2. The van der Waals surface area contributed by atoms with Crippen LogP contribution in [0.1, 0.15) is 37.0 Å². The molecule has 1 aliphatic heterocycles. The van der Waals surface area contributed by atoms with Gasteiger partial charge in [-0.15, -0.1) is 0 Å². The summed E-state index contributed by atoms with van der Waals surface area (Å²) in [5, 5.41) is 7.27. The lowest BCUT2D eigenvalue weighted by Crippen LogP contribution is -2.49. The van der Waals surface area contributed by atoms with Crippen LogP contribution in [-0.2, 0) is 18.3 Å². The zero-order valence-corrected chi connectivity index (χ0v) is 14.3. The number of aryl methyl sites for hydroxylation is 2. The summed E-state index contributed by atoms with van der Waals surface area (Å²) in [6.07, 6.45) is 0.591. The Bertz CT molecular complexity index is 832. The molecule has 0 aliphatic carbocycles. The molecule has 3 N–H and O–H groups in total. The minimum atomic E-state index is -1.10. The van der Waals surface area contributed by atoms with Crippen molar-refractivity contribution in [3.8, 4) is 0 Å². The molecule has 24 heavy (non-hydrogen) atoms. The van der Waals surface area contributed by atoms with E-state index in [-0.39, 0.29) is 11.8 Å². The Labute approximate surface area is 140 Å². The van der Waals surface area contributed by atoms with Crippen molar-refractivity contribution in [1.82, 2.24) is 9.78 Å². The maximum atomic E-state index is 13.1. The van der Waals surface area contributed by atoms with Gasteiger partial charge in [0.25, 0.3) is 11.8 Å². The molecule has 0 fully saturated rings. The van der Waals surface area contributed by atoms with Crippen molar-refractivity contribution in [2.24, 2.45) is 12.8 Å². The summed E-state index contributed by atoms with van der Waals surface area (Å²) in [5.74, 6) is -0.590. The molecule has 0 radical (unpaired) electrons. The third-order valence-electron chi connectivity index (χ3n) is 4.01. The highest BCUT2D eigenvalue weighted by Gasteiger charge is 2.38. The van der Waals surface area contributed by atoms with Crippen molar-refractivity contribution in [1.29, 1.82) is 0 Å². The van der Waals surface area contributed by atoms with Gasteiger partial charge < -0.3 is 11.1 Å². The Morgan fingerprint density at radius 2 is 2.00 bits per heavy atom. The summed E-state index contributed by atoms with van der Waals surface area (Å²) in [6, 6.07) is 7.19. The third-order valence-corrected chi connectivity index (χ3v) is 4.01. The molecule has 0 saturated heterocycles. The molecule has 2 amide bonds. The van der Waals surface area contributed by atoms with E-state index < -0.39 is 5.54 Å². The Hall–Kier alpha value is -2.67. The van der Waals surface area contributed by atoms with Crippen LogP contribution in [0.4, 0.5) is 17.1 Å². The van der Waals surface area contributed by atoms with Crippen molar-refractivity contribution < 1.29 is 9.59 Å². The van der Waals surface area contributed by atoms with Gasteiger partial charge in [0.05, 0.1) is 22.6 Å². The maximum Gasteiger partial charge on any atom is 0.276 e. The van der Waals surface area contributed by atoms with Gasteiger partial charge in [-0.2, -0.15) is 5.10 Å². The smallest absolute Gasteiger partial charge is 0.276 e. The van der Waals surface area contributed by atoms with E-state index >= 15 is 0 Å². The summed E-state index contributed by atoms with van der Waals surface area (Å²) < 4.78 is 1.51. The Morgan fingerprint density at radius 1 is 1.33 bits per heavy atom. The van der Waals surface area contributed by atoms with Crippen LogP contribution in [0.5, 0.6) is 0 Å². The van der Waals surface area contributed by atoms with Crippen LogP contribution >= 0.6 is 0 Å². The minimum Gasteiger partial charge on any atom is -0.319 e. The monoisotopic (exact) mass is 327 g/mol. The predicted molar refractivity (Wildman–Crippen MR) is 92.4 cm³/mol. The van der Waals surface area contributed by atoms with E-state index in [9.17, 15) is 9.59 Å². The molecular formula is C17H21N5O2. The second-order valence-electron chi connectivity index (χ2n) is 6.45. The minimum absolute atomic E-state index is 0.294. The number of anilines is 3. The van der Waals surface area contributed by atoms with Gasteiger partial charge >= 0.3 is 0 Å². The number of aromatic nitrogens is 2. The van der Waals surface area contributed by atoms with Crippen LogP contribution in [0.25, 0.3) is 0 Å². The second-order valence-corrected chi connectivity index (χ2v) is 6.45. The molecule has 0 spiro atoms. The summed E-state index contributed by atoms with van der Waals surface area (Å²) in [5.41, 5.74) is 7.68. The van der Waals surface area contributed by atoms with Gasteiger partial charge in [-0.3, -0.25) is 19.2 Å². The molecule has 2 aromatic rings. The number of carbonyl (C=O) groups excluding carboxylic acids is 2. The molecule has 2 heterocycles. The van der Waals surface area contributed by atoms with Crippen molar-refractivity contribution >= 4 is 28.9 Å². The summed E-state index contributed by atoms with van der Waals surface area (Å²) in [7, 11) is 1.70. The number of fused-ring (bicyclic) bond motifs is 2. The lowest BCUT2D eigenvalue weighted by molar-refractivity contribution is -0.121. The fourth-order valence-electron chi connectivity index (χ4n) is 2.87. The number of nitrogens with two attached hydrogens (primary N) is 1. The van der Waals surface area contributed by atoms with Crippen LogP contribution in [0.2, 0.25) is 0 Å². The average molecular weight is 327 g/mol. The molecule has 0 bridgehead atoms. The van der Waals surface area contributed by atoms with E-state index in [1.165, 1.54) is 9.58 Å². The topological polar surface area (TPSA) is 93.2 Å². The molecular weight excluding hydrogens is 306 g/mol. The molecule has 1 aromatic carbocycles. The SMILES string of the molecule is CCc1nn(C)c2c1N(C(=O)C(C)(C)N)c1ccccc1NC2=O. The van der Waals surface area contributed by atoms with E-state index in [2.05, 4.69) is 10.4 Å². The number of hydrogen-bond donors (Lipinski definition) is 2. The van der Waals surface area contributed by atoms with Crippen molar-refractivity contribution in [2.75, 3.05) is 10.2 Å². The normalized spacial score (nSPS) is 13.9. The van der Waals surface area contributed by atoms with Gasteiger partial charge in [0.15, 0.2) is 5.69 Å². The maximum absolute atomic E-state index is 13.1. The molecule has 1 aromatic heterocycles. The van der Waals surface area contributed by atoms with Gasteiger partial charge in [0, 0.05) is 7.05 Å². The Morgan fingerprint density at radius 3 is 2.62 bits per heavy atom. The van der Waals surface area contributed by atoms with Gasteiger partial charge in [-0.05, 0) is 32.4 Å². The van der Waals surface area contributed by atoms with Crippen LogP contribution in [0.3, 0.4) is 0 Å². The molecule has 7 heteroatoms. The number of benzene rings is 1. The molecule has 1 aliphatic rings. The molecule has 126 valence electrons. The van der Waals surface area contributed by atoms with Crippen molar-refractivity contribution in [3.05, 3.63) is 35.7 Å². The lowest BCUT2D eigenvalue weighted by atomic mass is 10.0. The fraction of sp³-hybridized carbons (Fsp3) is 0.353. The quantitative estimate of drug-likeness (QED) is 0.881. The predicted octanol–water partition coefficient (Wildman–Crippen LogP) is 1.95. The third kappa shape index (κ3) is 2.37. The molecule has 7 nitrogen and oxygen atoms in total. The number of nitrogens with one attached hydrogen (secondary N) is 1. The Balaban J connectivity index is 2.36. The van der Waals surface area contributed by atoms with Crippen LogP contribution < -0.4 is 16.0 Å². The van der Waals surface area contributed by atoms with Crippen LogP contribution in [-0.4, -0.2) is 27.1 Å². The first kappa shape index (κ1) is 16.2. The van der Waals surface area contributed by atoms with E-state index in [0.717, 1.165) is 0 Å². The number of carbonyl (C=O) groups is 2. The van der Waals surface area contributed by atoms with E-state index in [0.29, 0.717) is 34.9 Å². The number of amides is 2. The highest BCUT2D eigenvalue weighted by Crippen LogP contribution is 2.40. The standard InChI is InChI=1S/C17H21N5O2/c1-5-10-13-14(21(4)20-10)15(23)19-11-8-6-7-9-12(11)22(13)16(24)17(2,3)18/h6-9H,5,18H2,1-4H3,(H,19,23). The van der Waals surface area contributed by atoms with Gasteiger partial charge in [-0.25, -0.2) is 0 Å². The van der Waals surface area contributed by atoms with Crippen molar-refractivity contribution in [3.63, 3.8) is 0 Å². The Kier molecular flexibility index (Phi) is 3.68. The zero-order valence-electron chi connectivity index (χ0n) is 14.3. The first-order valence-electron chi connectivity index (χ1n) is 7.85. The van der Waals surface area contributed by atoms with E-state index in [1.807, 2.05) is 19.1 Å². The lowest BCUT2D eigenvalue weighted by Gasteiger charge is -2.29. The number of para-hydroxylation sites is 2. The van der Waals surface area contributed by atoms with Gasteiger partial charge in [0.2, 0.25) is 0 Å². The first-order chi connectivity index (χ1) is 11.3. The van der Waals surface area contributed by atoms with Crippen LogP contribution in [0.15, 0.2) is 24.3 Å². The number of nitrogens with zero attached hydrogens (tertiary/aromatic N) is 3. The van der Waals surface area contributed by atoms with E-state index in [1.54, 1.807) is 33.0 Å². The average Bonchev–Trinajstić information content (AvgIpc) is 2.77. The van der Waals surface area contributed by atoms with Gasteiger partial charge in [-0.1, -0.05) is 19.1 Å². The summed E-state index contributed by atoms with van der Waals surface area (Å²) >= 11 is 0. The zero-order chi connectivity index (χ0) is 17.6. The highest BCUT2D eigenvalue weighted by molar-refractivity contribution is 6.18. The van der Waals surface area contributed by atoms with Gasteiger partial charge in [0.1, 0.15) is 5.69 Å². The first-order valence-corrected chi connectivity index (χ1v) is 7.85. The summed E-state index contributed by atoms with van der Waals surface area (Å²) in [4.78, 5) is 27.3. The molecule has 0 atom stereocenters. The molecule has 0 saturated carbocycles. The highest BCUT2D eigenvalue weighted by atomic mass is 16.2. The molecule has 0 unspecified atom stereocenters. The van der Waals surface area contributed by atoms with E-state index in [4.69, 9.17) is 5.73 Å². The largest absolute Gasteiger partial charge is 0.319 e. The number of hydrogen-bond acceptors (Lipinski definition) is 4. The molecule has 3 rings (SSSR count). The summed E-state index contributed by atoms with van der Waals surface area (Å²) in [6.45, 7) is 5.24. The second kappa shape index (κ2) is 5.45. The fourth-order valence-corrected chi connectivity index (χ4v) is 2.87.